The van der Waals surface area contributed by atoms with E-state index in [1.54, 1.807) is 20.8 Å². The molecule has 1 fully saturated rings. The Hall–Kier alpha value is -3.51. The molecule has 1 aromatic carbocycles. The summed E-state index contributed by atoms with van der Waals surface area (Å²) in [6.45, 7) is 4.86. The highest BCUT2D eigenvalue weighted by Gasteiger charge is 2.39. The second-order valence-corrected chi connectivity index (χ2v) is 8.89. The number of carbonyl (C=O) groups excluding carboxylic acids is 2. The minimum atomic E-state index is -1.16. The molecule has 190 valence electrons. The first kappa shape index (κ1) is 26.1. The van der Waals surface area contributed by atoms with E-state index in [1.165, 1.54) is 0 Å². The molecule has 0 aliphatic carbocycles. The molecule has 35 heavy (non-hydrogen) atoms. The van der Waals surface area contributed by atoms with Gasteiger partial charge in [0.15, 0.2) is 0 Å². The van der Waals surface area contributed by atoms with Gasteiger partial charge in [-0.2, -0.15) is 4.39 Å². The number of H-pyrrole nitrogens is 1. The number of nitrogens with one attached hydrogen (secondary N) is 2. The second kappa shape index (κ2) is 11.3. The Morgan fingerprint density at radius 2 is 1.94 bits per heavy atom. The van der Waals surface area contributed by atoms with Crippen LogP contribution in [0.15, 0.2) is 46.1 Å². The normalized spacial score (nSPS) is 19.8. The van der Waals surface area contributed by atoms with Gasteiger partial charge in [-0.25, -0.2) is 9.59 Å². The smallest absolute Gasteiger partial charge is 0.408 e. The fraction of sp³-hybridized carbons (Fsp3) is 0.478. The molecule has 2 heterocycles. The Morgan fingerprint density at radius 3 is 2.63 bits per heavy atom. The number of rotatable bonds is 8. The Labute approximate surface area is 200 Å². The maximum Gasteiger partial charge on any atom is 0.408 e. The van der Waals surface area contributed by atoms with Crippen molar-refractivity contribution in [3.63, 3.8) is 0 Å². The van der Waals surface area contributed by atoms with Gasteiger partial charge in [-0.05, 0) is 26.3 Å². The molecule has 3 rings (SSSR count). The molecule has 3 atom stereocenters. The van der Waals surface area contributed by atoms with E-state index >= 15 is 0 Å². The molecule has 1 aliphatic heterocycles. The lowest BCUT2D eigenvalue weighted by Gasteiger charge is -2.21. The zero-order valence-electron chi connectivity index (χ0n) is 19.6. The quantitative estimate of drug-likeness (QED) is 0.529. The van der Waals surface area contributed by atoms with Crippen LogP contribution in [0.4, 0.5) is 9.18 Å². The number of hydrogen-bond donors (Lipinski definition) is 2. The number of esters is 1. The zero-order chi connectivity index (χ0) is 25.6. The summed E-state index contributed by atoms with van der Waals surface area (Å²) in [4.78, 5) is 49.5. The molecular formula is C23H28FN3O8. The first-order chi connectivity index (χ1) is 16.5. The predicted octanol–water partition coefficient (Wildman–Crippen LogP) is 1.62. The van der Waals surface area contributed by atoms with Gasteiger partial charge in [0.25, 0.3) is 5.56 Å². The first-order valence-electron chi connectivity index (χ1n) is 11.0. The van der Waals surface area contributed by atoms with Gasteiger partial charge in [-0.3, -0.25) is 19.1 Å². The lowest BCUT2D eigenvalue weighted by atomic mass is 10.2. The van der Waals surface area contributed by atoms with Crippen molar-refractivity contribution >= 4 is 12.1 Å². The van der Waals surface area contributed by atoms with E-state index in [0.29, 0.717) is 0 Å². The van der Waals surface area contributed by atoms with Crippen molar-refractivity contribution in [3.8, 4) is 0 Å². The van der Waals surface area contributed by atoms with Crippen LogP contribution in [-0.4, -0.2) is 52.6 Å². The van der Waals surface area contributed by atoms with Gasteiger partial charge in [0.2, 0.25) is 5.82 Å². The van der Waals surface area contributed by atoms with Gasteiger partial charge >= 0.3 is 17.8 Å². The summed E-state index contributed by atoms with van der Waals surface area (Å²) in [5, 5.41) is 2.31. The molecule has 1 amide bonds. The summed E-state index contributed by atoms with van der Waals surface area (Å²) in [7, 11) is 0. The summed E-state index contributed by atoms with van der Waals surface area (Å²) in [5.74, 6) is -1.93. The van der Waals surface area contributed by atoms with Gasteiger partial charge in [0.1, 0.15) is 30.6 Å². The lowest BCUT2D eigenvalue weighted by Crippen LogP contribution is -2.38. The van der Waals surface area contributed by atoms with E-state index in [4.69, 9.17) is 18.9 Å². The van der Waals surface area contributed by atoms with Crippen LogP contribution in [0.1, 0.15) is 39.0 Å². The van der Waals surface area contributed by atoms with Crippen molar-refractivity contribution in [3.05, 3.63) is 68.7 Å². The number of aromatic amines is 1. The molecule has 12 heteroatoms. The Bertz CT molecular complexity index is 1140. The maximum absolute atomic E-state index is 13.8. The lowest BCUT2D eigenvalue weighted by molar-refractivity contribution is -0.153. The number of halogens is 1. The van der Waals surface area contributed by atoms with E-state index < -0.39 is 59.7 Å². The van der Waals surface area contributed by atoms with Gasteiger partial charge in [-0.1, -0.05) is 30.3 Å². The summed E-state index contributed by atoms with van der Waals surface area (Å²) in [6.07, 6.45) is -2.74. The van der Waals surface area contributed by atoms with Crippen molar-refractivity contribution in [2.75, 3.05) is 13.2 Å². The number of nitrogens with zero attached hydrogens (tertiary/aromatic N) is 1. The van der Waals surface area contributed by atoms with Gasteiger partial charge in [0, 0.05) is 6.42 Å². The highest BCUT2D eigenvalue weighted by atomic mass is 19.1. The number of hydrogen-bond acceptors (Lipinski definition) is 8. The van der Waals surface area contributed by atoms with Gasteiger partial charge < -0.3 is 24.3 Å². The number of amides is 1. The van der Waals surface area contributed by atoms with Crippen molar-refractivity contribution < 1.29 is 32.9 Å². The maximum atomic E-state index is 13.8. The van der Waals surface area contributed by atoms with Crippen molar-refractivity contribution in [2.24, 2.45) is 0 Å². The molecule has 0 bridgehead atoms. The number of aromatic nitrogens is 2. The number of carbonyl (C=O) groups is 2. The highest BCUT2D eigenvalue weighted by molar-refractivity contribution is 5.78. The highest BCUT2D eigenvalue weighted by Crippen LogP contribution is 2.30. The van der Waals surface area contributed by atoms with Crippen molar-refractivity contribution in [2.45, 2.75) is 57.8 Å². The second-order valence-electron chi connectivity index (χ2n) is 8.89. The van der Waals surface area contributed by atoms with E-state index in [0.717, 1.165) is 16.3 Å². The zero-order valence-corrected chi connectivity index (χ0v) is 19.6. The monoisotopic (exact) mass is 493 g/mol. The SMILES string of the molecule is CC(C)(C)OC(=O)NCC(=O)OC1C[C@@H](n2cc(F)c(=O)[nH]c2=O)O[C@H]1COCc1ccccc1. The third-order valence-corrected chi connectivity index (χ3v) is 4.87. The van der Waals surface area contributed by atoms with Crippen LogP contribution < -0.4 is 16.6 Å². The van der Waals surface area contributed by atoms with Crippen molar-refractivity contribution in [1.82, 2.24) is 14.9 Å². The van der Waals surface area contributed by atoms with E-state index in [9.17, 15) is 23.6 Å². The molecule has 11 nitrogen and oxygen atoms in total. The molecule has 1 aromatic heterocycles. The molecule has 0 radical (unpaired) electrons. The molecule has 1 saturated heterocycles. The third kappa shape index (κ3) is 7.76. The molecule has 2 N–H and O–H groups in total. The van der Waals surface area contributed by atoms with Crippen molar-refractivity contribution in [1.29, 1.82) is 0 Å². The summed E-state index contributed by atoms with van der Waals surface area (Å²) >= 11 is 0. The molecule has 0 spiro atoms. The number of alkyl carbamates (subject to hydrolysis) is 1. The predicted molar refractivity (Wildman–Crippen MR) is 120 cm³/mol. The minimum absolute atomic E-state index is 0.00339. The van der Waals surface area contributed by atoms with Crippen LogP contribution in [0.3, 0.4) is 0 Å². The Balaban J connectivity index is 1.66. The van der Waals surface area contributed by atoms with Crippen LogP contribution in [0.2, 0.25) is 0 Å². The van der Waals surface area contributed by atoms with Crippen LogP contribution >= 0.6 is 0 Å². The topological polar surface area (TPSA) is 138 Å². The molecule has 1 unspecified atom stereocenters. The van der Waals surface area contributed by atoms with Crippen LogP contribution in [0, 0.1) is 5.82 Å². The van der Waals surface area contributed by atoms with Crippen LogP contribution in [0.25, 0.3) is 0 Å². The number of benzene rings is 1. The largest absolute Gasteiger partial charge is 0.458 e. The summed E-state index contributed by atoms with van der Waals surface area (Å²) < 4.78 is 36.7. The molecule has 2 aromatic rings. The molecule has 0 saturated carbocycles. The van der Waals surface area contributed by atoms with E-state index in [-0.39, 0.29) is 19.6 Å². The van der Waals surface area contributed by atoms with E-state index in [1.807, 2.05) is 35.3 Å². The fourth-order valence-electron chi connectivity index (χ4n) is 3.36. The standard InChI is InChI=1S/C23H28FN3O8/c1-23(2,3)35-22(31)25-10-19(28)34-16-9-18(27-11-15(24)20(29)26-21(27)30)33-17(16)13-32-12-14-7-5-4-6-8-14/h4-8,11,16-18H,9-10,12-13H2,1-3H3,(H,25,31)(H,26,29,30)/t16?,17-,18-/m0/s1. The fourth-order valence-corrected chi connectivity index (χ4v) is 3.36. The van der Waals surface area contributed by atoms with E-state index in [2.05, 4.69) is 5.32 Å². The first-order valence-corrected chi connectivity index (χ1v) is 11.0. The van der Waals surface area contributed by atoms with Gasteiger partial charge in [-0.15, -0.1) is 0 Å². The van der Waals surface area contributed by atoms with Gasteiger partial charge in [0.05, 0.1) is 19.4 Å². The average Bonchev–Trinajstić information content (AvgIpc) is 3.16. The number of ether oxygens (including phenoxy) is 4. The summed E-state index contributed by atoms with van der Waals surface area (Å²) in [6, 6.07) is 9.35. The third-order valence-electron chi connectivity index (χ3n) is 4.87. The van der Waals surface area contributed by atoms with Crippen LogP contribution in [-0.2, 0) is 30.3 Å². The minimum Gasteiger partial charge on any atom is -0.458 e. The molecule has 1 aliphatic rings. The average molecular weight is 493 g/mol. The summed E-state index contributed by atoms with van der Waals surface area (Å²) in [5.41, 5.74) is -1.84. The molecular weight excluding hydrogens is 465 g/mol. The Kier molecular flexibility index (Phi) is 8.41. The van der Waals surface area contributed by atoms with Crippen LogP contribution in [0.5, 0.6) is 0 Å². The Morgan fingerprint density at radius 1 is 1.23 bits per heavy atom.